The molecule has 27 heavy (non-hydrogen) atoms. The van der Waals surface area contributed by atoms with E-state index in [2.05, 4.69) is 22.4 Å². The fraction of sp³-hybridized carbons (Fsp3) is 0.227. The summed E-state index contributed by atoms with van der Waals surface area (Å²) >= 11 is 0. The molecule has 3 rings (SSSR count). The number of unbranched alkanes of at least 4 members (excludes halogenated alkanes) is 1. The molecule has 138 valence electrons. The van der Waals surface area contributed by atoms with Gasteiger partial charge < -0.3 is 4.74 Å². The van der Waals surface area contributed by atoms with Crippen molar-refractivity contribution in [2.24, 2.45) is 5.10 Å². The van der Waals surface area contributed by atoms with Gasteiger partial charge in [0.1, 0.15) is 5.75 Å². The Morgan fingerprint density at radius 2 is 1.96 bits per heavy atom. The number of carbonyl (C=O) groups is 1. The van der Waals surface area contributed by atoms with Gasteiger partial charge in [-0.1, -0.05) is 49.7 Å². The zero-order valence-corrected chi connectivity index (χ0v) is 15.4. The molecule has 1 amide bonds. The summed E-state index contributed by atoms with van der Waals surface area (Å²) in [5, 5.41) is 5.03. The number of ether oxygens (including phenoxy) is 1. The Labute approximate surface area is 159 Å². The van der Waals surface area contributed by atoms with Crippen LogP contribution in [0.15, 0.2) is 65.9 Å². The molecular formula is C22H23N3O2. The first-order valence-electron chi connectivity index (χ1n) is 9.13. The van der Waals surface area contributed by atoms with E-state index >= 15 is 0 Å². The average molecular weight is 361 g/mol. The van der Waals surface area contributed by atoms with Gasteiger partial charge in [-0.3, -0.25) is 9.78 Å². The maximum absolute atomic E-state index is 11.9. The number of hydrogen-bond acceptors (Lipinski definition) is 4. The number of hydrazone groups is 1. The predicted molar refractivity (Wildman–Crippen MR) is 108 cm³/mol. The quantitative estimate of drug-likeness (QED) is 0.485. The van der Waals surface area contributed by atoms with Crippen LogP contribution in [0.3, 0.4) is 0 Å². The van der Waals surface area contributed by atoms with Gasteiger partial charge in [0.05, 0.1) is 11.7 Å². The highest BCUT2D eigenvalue weighted by molar-refractivity contribution is 5.97. The predicted octanol–water partition coefficient (Wildman–Crippen LogP) is 4.11. The van der Waals surface area contributed by atoms with E-state index in [1.165, 1.54) is 18.4 Å². The molecule has 0 aliphatic carbocycles. The maximum Gasteiger partial charge on any atom is 0.277 e. The van der Waals surface area contributed by atoms with Gasteiger partial charge in [0.25, 0.3) is 5.91 Å². The van der Waals surface area contributed by atoms with Crippen molar-refractivity contribution in [2.45, 2.75) is 26.2 Å². The molecule has 0 saturated heterocycles. The van der Waals surface area contributed by atoms with Gasteiger partial charge in [0.2, 0.25) is 0 Å². The van der Waals surface area contributed by atoms with E-state index in [4.69, 9.17) is 4.74 Å². The van der Waals surface area contributed by atoms with Gasteiger partial charge in [0.15, 0.2) is 6.61 Å². The first kappa shape index (κ1) is 18.6. The van der Waals surface area contributed by atoms with Crippen molar-refractivity contribution < 1.29 is 9.53 Å². The normalized spacial score (nSPS) is 11.0. The Kier molecular flexibility index (Phi) is 6.52. The zero-order valence-electron chi connectivity index (χ0n) is 15.4. The number of para-hydroxylation sites is 1. The second kappa shape index (κ2) is 9.48. The van der Waals surface area contributed by atoms with Gasteiger partial charge in [-0.2, -0.15) is 5.10 Å². The second-order valence-electron chi connectivity index (χ2n) is 6.25. The number of benzene rings is 2. The van der Waals surface area contributed by atoms with Crippen molar-refractivity contribution in [3.63, 3.8) is 0 Å². The van der Waals surface area contributed by atoms with Crippen molar-refractivity contribution >= 4 is 23.0 Å². The summed E-state index contributed by atoms with van der Waals surface area (Å²) in [7, 11) is 0. The van der Waals surface area contributed by atoms with Crippen molar-refractivity contribution in [3.8, 4) is 5.75 Å². The summed E-state index contributed by atoms with van der Waals surface area (Å²) in [5.41, 5.74) is 5.45. The van der Waals surface area contributed by atoms with Crippen LogP contribution in [0, 0.1) is 0 Å². The summed E-state index contributed by atoms with van der Waals surface area (Å²) in [6.45, 7) is 2.09. The molecular weight excluding hydrogens is 338 g/mol. The van der Waals surface area contributed by atoms with Crippen LogP contribution in [0.25, 0.3) is 10.9 Å². The lowest BCUT2D eigenvalue weighted by Gasteiger charge is -2.06. The molecule has 0 atom stereocenters. The lowest BCUT2D eigenvalue weighted by atomic mass is 10.1. The highest BCUT2D eigenvalue weighted by atomic mass is 16.5. The van der Waals surface area contributed by atoms with Crippen molar-refractivity contribution in [1.29, 1.82) is 0 Å². The van der Waals surface area contributed by atoms with E-state index in [1.54, 1.807) is 12.4 Å². The summed E-state index contributed by atoms with van der Waals surface area (Å²) in [6.07, 6.45) is 6.74. The van der Waals surface area contributed by atoms with E-state index in [0.29, 0.717) is 5.75 Å². The number of aryl methyl sites for hydroxylation is 1. The number of pyridine rings is 1. The number of fused-ring (bicyclic) bond motifs is 1. The van der Waals surface area contributed by atoms with Crippen molar-refractivity contribution in [2.75, 3.05) is 6.61 Å². The third-order valence-corrected chi connectivity index (χ3v) is 4.17. The molecule has 0 unspecified atom stereocenters. The van der Waals surface area contributed by atoms with Crippen LogP contribution in [0.2, 0.25) is 0 Å². The molecule has 2 aromatic carbocycles. The van der Waals surface area contributed by atoms with Crippen molar-refractivity contribution in [1.82, 2.24) is 10.4 Å². The molecule has 0 spiro atoms. The van der Waals surface area contributed by atoms with Gasteiger partial charge in [0, 0.05) is 17.1 Å². The van der Waals surface area contributed by atoms with Crippen LogP contribution in [-0.2, 0) is 11.2 Å². The molecule has 5 heteroatoms. The number of nitrogens with zero attached hydrogens (tertiary/aromatic N) is 2. The van der Waals surface area contributed by atoms with Crippen LogP contribution >= 0.6 is 0 Å². The Morgan fingerprint density at radius 1 is 1.15 bits per heavy atom. The third-order valence-electron chi connectivity index (χ3n) is 4.17. The molecule has 0 radical (unpaired) electrons. The van der Waals surface area contributed by atoms with E-state index in [0.717, 1.165) is 22.9 Å². The van der Waals surface area contributed by atoms with Crippen LogP contribution in [0.1, 0.15) is 30.9 Å². The minimum absolute atomic E-state index is 0.0839. The molecule has 1 aromatic heterocycles. The smallest absolute Gasteiger partial charge is 0.277 e. The van der Waals surface area contributed by atoms with E-state index in [9.17, 15) is 4.79 Å². The Morgan fingerprint density at radius 3 is 2.78 bits per heavy atom. The Hall–Kier alpha value is -3.21. The molecule has 0 bridgehead atoms. The lowest BCUT2D eigenvalue weighted by molar-refractivity contribution is -0.123. The Balaban J connectivity index is 1.50. The van der Waals surface area contributed by atoms with Crippen LogP contribution in [0.5, 0.6) is 5.75 Å². The summed E-state index contributed by atoms with van der Waals surface area (Å²) in [5.74, 6) is 0.363. The second-order valence-corrected chi connectivity index (χ2v) is 6.25. The van der Waals surface area contributed by atoms with Crippen LogP contribution < -0.4 is 10.2 Å². The summed E-state index contributed by atoms with van der Waals surface area (Å²) < 4.78 is 5.50. The summed E-state index contributed by atoms with van der Waals surface area (Å²) in [4.78, 5) is 16.3. The number of aromatic nitrogens is 1. The van der Waals surface area contributed by atoms with Crippen LogP contribution in [0.4, 0.5) is 0 Å². The SMILES string of the molecule is CCCCc1ccc(OCC(=O)N/N=C/c2cccc3cccnc23)cc1. The van der Waals surface area contributed by atoms with Gasteiger partial charge in [-0.15, -0.1) is 0 Å². The first-order chi connectivity index (χ1) is 13.3. The van der Waals surface area contributed by atoms with E-state index in [1.807, 2.05) is 54.6 Å². The largest absolute Gasteiger partial charge is 0.484 e. The first-order valence-corrected chi connectivity index (χ1v) is 9.13. The highest BCUT2D eigenvalue weighted by Gasteiger charge is 2.03. The minimum Gasteiger partial charge on any atom is -0.484 e. The number of amides is 1. The van der Waals surface area contributed by atoms with Gasteiger partial charge in [-0.25, -0.2) is 5.43 Å². The van der Waals surface area contributed by atoms with Gasteiger partial charge >= 0.3 is 0 Å². The van der Waals surface area contributed by atoms with E-state index in [-0.39, 0.29) is 12.5 Å². The topological polar surface area (TPSA) is 63.6 Å². The summed E-state index contributed by atoms with van der Waals surface area (Å²) in [6, 6.07) is 17.6. The average Bonchev–Trinajstić information content (AvgIpc) is 2.71. The number of nitrogens with one attached hydrogen (secondary N) is 1. The molecule has 0 aliphatic rings. The molecule has 0 saturated carbocycles. The molecule has 3 aromatic rings. The van der Waals surface area contributed by atoms with Crippen molar-refractivity contribution in [3.05, 3.63) is 71.9 Å². The monoisotopic (exact) mass is 361 g/mol. The number of rotatable bonds is 8. The fourth-order valence-electron chi connectivity index (χ4n) is 2.72. The molecule has 0 fully saturated rings. The van der Waals surface area contributed by atoms with Crippen LogP contribution in [-0.4, -0.2) is 23.7 Å². The van der Waals surface area contributed by atoms with Gasteiger partial charge in [-0.05, 0) is 36.6 Å². The lowest BCUT2D eigenvalue weighted by Crippen LogP contribution is -2.24. The maximum atomic E-state index is 11.9. The zero-order chi connectivity index (χ0) is 18.9. The molecule has 5 nitrogen and oxygen atoms in total. The molecule has 0 aliphatic heterocycles. The fourth-order valence-corrected chi connectivity index (χ4v) is 2.72. The third kappa shape index (κ3) is 5.38. The minimum atomic E-state index is -0.311. The number of hydrogen-bond donors (Lipinski definition) is 1. The van der Waals surface area contributed by atoms with E-state index < -0.39 is 0 Å². The Bertz CT molecular complexity index is 915. The highest BCUT2D eigenvalue weighted by Crippen LogP contribution is 2.15. The standard InChI is InChI=1S/C22H23N3O2/c1-2-3-6-17-10-12-20(13-11-17)27-16-21(26)25-24-15-19-8-4-7-18-9-5-14-23-22(18)19/h4-5,7-15H,2-3,6,16H2,1H3,(H,25,26)/b24-15+. The molecule has 1 N–H and O–H groups in total. The number of carbonyl (C=O) groups excluding carboxylic acids is 1. The molecule has 1 heterocycles.